The summed E-state index contributed by atoms with van der Waals surface area (Å²) in [5, 5.41) is 18.2. The van der Waals surface area contributed by atoms with Gasteiger partial charge in [0.15, 0.2) is 11.8 Å². The number of carbonyl (C=O) groups is 1. The van der Waals surface area contributed by atoms with Crippen LogP contribution in [-0.2, 0) is 18.4 Å². The van der Waals surface area contributed by atoms with E-state index in [1.807, 2.05) is 54.9 Å². The molecule has 2 atom stereocenters. The number of para-hydroxylation sites is 1. The maximum Gasteiger partial charge on any atom is 0.225 e. The van der Waals surface area contributed by atoms with Crippen LogP contribution >= 0.6 is 0 Å². The molecule has 0 radical (unpaired) electrons. The van der Waals surface area contributed by atoms with Crippen molar-refractivity contribution >= 4 is 17.6 Å². The summed E-state index contributed by atoms with van der Waals surface area (Å²) in [5.41, 5.74) is 3.19. The monoisotopic (exact) mass is 431 g/mol. The maximum atomic E-state index is 12.2. The van der Waals surface area contributed by atoms with E-state index in [0.29, 0.717) is 25.5 Å². The zero-order chi connectivity index (χ0) is 22.5. The third-order valence-electron chi connectivity index (χ3n) is 5.84. The Bertz CT molecular complexity index is 1110. The van der Waals surface area contributed by atoms with E-state index in [0.717, 1.165) is 22.9 Å². The van der Waals surface area contributed by atoms with E-state index in [-0.39, 0.29) is 17.9 Å². The number of aliphatic imine (C=N–C) groups is 1. The van der Waals surface area contributed by atoms with Gasteiger partial charge in [0, 0.05) is 31.6 Å². The molecule has 8 nitrogen and oxygen atoms in total. The minimum absolute atomic E-state index is 0.0363. The number of aryl methyl sites for hydroxylation is 1. The van der Waals surface area contributed by atoms with Crippen molar-refractivity contribution in [1.82, 2.24) is 25.4 Å². The van der Waals surface area contributed by atoms with Crippen LogP contribution in [0.15, 0.2) is 59.6 Å². The van der Waals surface area contributed by atoms with E-state index in [4.69, 9.17) is 4.99 Å². The quantitative estimate of drug-likeness (QED) is 0.412. The summed E-state index contributed by atoms with van der Waals surface area (Å²) in [7, 11) is 1.94. The molecule has 32 heavy (non-hydrogen) atoms. The van der Waals surface area contributed by atoms with Crippen molar-refractivity contribution in [2.24, 2.45) is 12.0 Å². The fraction of sp³-hybridized carbons (Fsp3) is 0.333. The van der Waals surface area contributed by atoms with Crippen molar-refractivity contribution in [2.45, 2.75) is 38.8 Å². The van der Waals surface area contributed by atoms with Gasteiger partial charge in [0.2, 0.25) is 5.91 Å². The standard InChI is InChI=1S/C24H29N7O/c1-16(18-9-5-4-6-10-18)27-24(26-15-22-30-29-17(2)31(22)3)25-14-19-13-23(32)28-21-12-8-7-11-20(19)21/h4-12,16,19H,13-15H2,1-3H3,(H,28,32)(H2,25,26,27). The Morgan fingerprint density at radius 2 is 1.94 bits per heavy atom. The van der Waals surface area contributed by atoms with Crippen LogP contribution in [0.3, 0.4) is 0 Å². The Morgan fingerprint density at radius 3 is 2.69 bits per heavy atom. The molecule has 1 aromatic heterocycles. The van der Waals surface area contributed by atoms with Crippen LogP contribution in [0.5, 0.6) is 0 Å². The smallest absolute Gasteiger partial charge is 0.225 e. The Hall–Kier alpha value is -3.68. The average Bonchev–Trinajstić information content (AvgIpc) is 3.13. The first kappa shape index (κ1) is 21.5. The van der Waals surface area contributed by atoms with Crippen molar-refractivity contribution < 1.29 is 4.79 Å². The van der Waals surface area contributed by atoms with E-state index in [2.05, 4.69) is 51.3 Å². The lowest BCUT2D eigenvalue weighted by Crippen LogP contribution is -2.41. The molecule has 0 bridgehead atoms. The molecular weight excluding hydrogens is 402 g/mol. The van der Waals surface area contributed by atoms with Crippen molar-refractivity contribution in [3.63, 3.8) is 0 Å². The third-order valence-corrected chi connectivity index (χ3v) is 5.84. The minimum Gasteiger partial charge on any atom is -0.356 e. The Kier molecular flexibility index (Phi) is 6.49. The van der Waals surface area contributed by atoms with Crippen molar-refractivity contribution in [2.75, 3.05) is 11.9 Å². The highest BCUT2D eigenvalue weighted by molar-refractivity contribution is 5.94. The normalized spacial score (nSPS) is 16.8. The van der Waals surface area contributed by atoms with Crippen LogP contribution in [0.25, 0.3) is 0 Å². The van der Waals surface area contributed by atoms with Crippen LogP contribution in [-0.4, -0.2) is 33.2 Å². The molecule has 1 amide bonds. The molecule has 0 fully saturated rings. The summed E-state index contributed by atoms with van der Waals surface area (Å²) in [6.07, 6.45) is 0.439. The number of hydrogen-bond donors (Lipinski definition) is 3. The highest BCUT2D eigenvalue weighted by atomic mass is 16.1. The molecule has 0 saturated heterocycles. The molecule has 0 saturated carbocycles. The molecule has 3 aromatic rings. The molecule has 2 aromatic carbocycles. The van der Waals surface area contributed by atoms with Crippen molar-refractivity contribution in [3.8, 4) is 0 Å². The lowest BCUT2D eigenvalue weighted by atomic mass is 9.90. The van der Waals surface area contributed by atoms with Crippen LogP contribution < -0.4 is 16.0 Å². The number of anilines is 1. The molecular formula is C24H29N7O. The summed E-state index contributed by atoms with van der Waals surface area (Å²) >= 11 is 0. The second kappa shape index (κ2) is 9.64. The van der Waals surface area contributed by atoms with Gasteiger partial charge in [0.1, 0.15) is 12.4 Å². The molecule has 0 spiro atoms. The zero-order valence-corrected chi connectivity index (χ0v) is 18.7. The minimum atomic E-state index is 0.0363. The molecule has 0 aliphatic carbocycles. The number of benzene rings is 2. The lowest BCUT2D eigenvalue weighted by Gasteiger charge is -2.27. The maximum absolute atomic E-state index is 12.2. The van der Waals surface area contributed by atoms with Gasteiger partial charge in [-0.3, -0.25) is 4.79 Å². The van der Waals surface area contributed by atoms with Crippen LogP contribution in [0.2, 0.25) is 0 Å². The summed E-state index contributed by atoms with van der Waals surface area (Å²) < 4.78 is 1.93. The molecule has 2 heterocycles. The van der Waals surface area contributed by atoms with Gasteiger partial charge < -0.3 is 20.5 Å². The summed E-state index contributed by atoms with van der Waals surface area (Å²) in [6.45, 7) is 5.01. The fourth-order valence-electron chi connectivity index (χ4n) is 3.82. The molecule has 3 N–H and O–H groups in total. The number of fused-ring (bicyclic) bond motifs is 1. The number of guanidine groups is 1. The molecule has 1 aliphatic rings. The summed E-state index contributed by atoms with van der Waals surface area (Å²) in [6, 6.07) is 18.2. The number of nitrogens with zero attached hydrogens (tertiary/aromatic N) is 4. The number of carbonyl (C=O) groups excluding carboxylic acids is 1. The largest absolute Gasteiger partial charge is 0.356 e. The van der Waals surface area contributed by atoms with Gasteiger partial charge >= 0.3 is 0 Å². The van der Waals surface area contributed by atoms with Gasteiger partial charge in [0.25, 0.3) is 0 Å². The van der Waals surface area contributed by atoms with Gasteiger partial charge in [-0.15, -0.1) is 10.2 Å². The van der Waals surface area contributed by atoms with Gasteiger partial charge in [-0.05, 0) is 31.0 Å². The first-order valence-electron chi connectivity index (χ1n) is 10.8. The Morgan fingerprint density at radius 1 is 1.19 bits per heavy atom. The summed E-state index contributed by atoms with van der Waals surface area (Å²) in [5.74, 6) is 2.41. The predicted molar refractivity (Wildman–Crippen MR) is 125 cm³/mol. The van der Waals surface area contributed by atoms with E-state index in [1.165, 1.54) is 5.56 Å². The third kappa shape index (κ3) is 4.96. The zero-order valence-electron chi connectivity index (χ0n) is 18.7. The number of nitrogens with one attached hydrogen (secondary N) is 3. The summed E-state index contributed by atoms with van der Waals surface area (Å²) in [4.78, 5) is 17.0. The van der Waals surface area contributed by atoms with E-state index in [1.54, 1.807) is 0 Å². The second-order valence-corrected chi connectivity index (χ2v) is 8.08. The Balaban J connectivity index is 1.51. The molecule has 166 valence electrons. The first-order chi connectivity index (χ1) is 15.5. The van der Waals surface area contributed by atoms with E-state index in [9.17, 15) is 4.79 Å². The molecule has 1 aliphatic heterocycles. The van der Waals surface area contributed by atoms with E-state index < -0.39 is 0 Å². The van der Waals surface area contributed by atoms with Crippen LogP contribution in [0.4, 0.5) is 5.69 Å². The van der Waals surface area contributed by atoms with Crippen LogP contribution in [0.1, 0.15) is 48.1 Å². The number of hydrogen-bond acceptors (Lipinski definition) is 4. The van der Waals surface area contributed by atoms with Crippen LogP contribution in [0, 0.1) is 6.92 Å². The van der Waals surface area contributed by atoms with Gasteiger partial charge in [-0.2, -0.15) is 0 Å². The van der Waals surface area contributed by atoms with Gasteiger partial charge in [-0.25, -0.2) is 4.99 Å². The first-order valence-corrected chi connectivity index (χ1v) is 10.8. The SMILES string of the molecule is Cc1nnc(CN=C(NCC2CC(=O)Nc3ccccc32)NC(C)c2ccccc2)n1C. The molecule has 2 unspecified atom stereocenters. The average molecular weight is 432 g/mol. The second-order valence-electron chi connectivity index (χ2n) is 8.08. The highest BCUT2D eigenvalue weighted by Gasteiger charge is 2.25. The highest BCUT2D eigenvalue weighted by Crippen LogP contribution is 2.31. The van der Waals surface area contributed by atoms with E-state index >= 15 is 0 Å². The fourth-order valence-corrected chi connectivity index (χ4v) is 3.82. The lowest BCUT2D eigenvalue weighted by molar-refractivity contribution is -0.116. The Labute approximate surface area is 188 Å². The molecule has 8 heteroatoms. The topological polar surface area (TPSA) is 96.2 Å². The predicted octanol–water partition coefficient (Wildman–Crippen LogP) is 3.05. The van der Waals surface area contributed by atoms with Crippen molar-refractivity contribution in [3.05, 3.63) is 77.4 Å². The number of amides is 1. The number of aromatic nitrogens is 3. The molecule has 4 rings (SSSR count). The van der Waals surface area contributed by atoms with Crippen molar-refractivity contribution in [1.29, 1.82) is 0 Å². The van der Waals surface area contributed by atoms with Gasteiger partial charge in [-0.1, -0.05) is 48.5 Å². The van der Waals surface area contributed by atoms with Gasteiger partial charge in [0.05, 0.1) is 6.04 Å². The number of rotatable bonds is 6.